The first kappa shape index (κ1) is 14.1. The lowest BCUT2D eigenvalue weighted by atomic mass is 10.1. The van der Waals surface area contributed by atoms with Gasteiger partial charge in [0, 0.05) is 18.7 Å². The summed E-state index contributed by atoms with van der Waals surface area (Å²) in [6, 6.07) is 7.42. The van der Waals surface area contributed by atoms with Crippen LogP contribution in [0, 0.1) is 0 Å². The van der Waals surface area contributed by atoms with Crippen LogP contribution in [-0.4, -0.2) is 30.3 Å². The molecule has 1 aliphatic rings. The van der Waals surface area contributed by atoms with Gasteiger partial charge in [-0.25, -0.2) is 9.97 Å². The number of hydrogen-bond donors (Lipinski definition) is 0. The topological polar surface area (TPSA) is 53.5 Å². The van der Waals surface area contributed by atoms with Gasteiger partial charge in [0.05, 0.1) is 5.69 Å². The summed E-state index contributed by atoms with van der Waals surface area (Å²) in [4.78, 5) is 8.70. The second-order valence-corrected chi connectivity index (χ2v) is 5.06. The highest BCUT2D eigenvalue weighted by Crippen LogP contribution is 2.34. The van der Waals surface area contributed by atoms with Crippen LogP contribution in [0.1, 0.15) is 18.9 Å². The van der Waals surface area contributed by atoms with Gasteiger partial charge in [-0.2, -0.15) is 0 Å². The Morgan fingerprint density at radius 2 is 1.90 bits per heavy atom. The van der Waals surface area contributed by atoms with Gasteiger partial charge >= 0.3 is 0 Å². The number of ether oxygens (including phenoxy) is 3. The van der Waals surface area contributed by atoms with Gasteiger partial charge in [-0.1, -0.05) is 11.6 Å². The van der Waals surface area contributed by atoms with Gasteiger partial charge in [-0.15, -0.1) is 0 Å². The Hall–Kier alpha value is -1.85. The molecule has 0 radical (unpaired) electrons. The van der Waals surface area contributed by atoms with Crippen molar-refractivity contribution in [1.82, 2.24) is 9.97 Å². The minimum absolute atomic E-state index is 0.223. The smallest absolute Gasteiger partial charge is 0.162 e. The zero-order chi connectivity index (χ0) is 14.8. The molecule has 1 aromatic carbocycles. The Kier molecular flexibility index (Phi) is 3.94. The van der Waals surface area contributed by atoms with E-state index in [1.54, 1.807) is 13.2 Å². The maximum absolute atomic E-state index is 6.08. The molecule has 21 heavy (non-hydrogen) atoms. The quantitative estimate of drug-likeness (QED) is 0.815. The molecule has 1 aromatic heterocycles. The molecule has 0 spiro atoms. The van der Waals surface area contributed by atoms with E-state index in [-0.39, 0.29) is 6.10 Å². The molecule has 0 fully saturated rings. The normalized spacial score (nSPS) is 14.8. The third-order valence-corrected chi connectivity index (χ3v) is 3.46. The summed E-state index contributed by atoms with van der Waals surface area (Å²) in [5.74, 6) is 2.01. The molecule has 0 saturated heterocycles. The molecule has 0 aliphatic carbocycles. The Balaban J connectivity index is 2.01. The van der Waals surface area contributed by atoms with Crippen LogP contribution in [0.25, 0.3) is 11.3 Å². The van der Waals surface area contributed by atoms with Crippen molar-refractivity contribution in [3.05, 3.63) is 35.2 Å². The molecule has 1 aliphatic heterocycles. The van der Waals surface area contributed by atoms with E-state index in [1.807, 2.05) is 25.1 Å². The Morgan fingerprint density at radius 3 is 2.67 bits per heavy atom. The summed E-state index contributed by atoms with van der Waals surface area (Å²) in [6.45, 7) is 2.99. The van der Waals surface area contributed by atoms with Gasteiger partial charge in [0.25, 0.3) is 0 Å². The number of benzene rings is 1. The summed E-state index contributed by atoms with van der Waals surface area (Å²) in [7, 11) is 1.61. The molecule has 2 heterocycles. The maximum Gasteiger partial charge on any atom is 0.162 e. The van der Waals surface area contributed by atoms with Crippen LogP contribution in [0.4, 0.5) is 0 Å². The Labute approximate surface area is 127 Å². The van der Waals surface area contributed by atoms with Crippen molar-refractivity contribution in [2.45, 2.75) is 13.0 Å². The fourth-order valence-electron chi connectivity index (χ4n) is 2.07. The molecule has 110 valence electrons. The first-order valence-electron chi connectivity index (χ1n) is 6.64. The summed E-state index contributed by atoms with van der Waals surface area (Å²) in [5.41, 5.74) is 1.62. The molecule has 3 rings (SSSR count). The predicted octanol–water partition coefficient (Wildman–Crippen LogP) is 3.28. The highest BCUT2D eigenvalue weighted by Gasteiger charge is 2.15. The molecular weight excluding hydrogens is 292 g/mol. The van der Waals surface area contributed by atoms with Crippen molar-refractivity contribution >= 4 is 11.6 Å². The van der Waals surface area contributed by atoms with Crippen LogP contribution in [-0.2, 0) is 4.74 Å². The summed E-state index contributed by atoms with van der Waals surface area (Å²) in [5, 5.41) is 0.383. The maximum atomic E-state index is 6.08. The molecule has 0 saturated carbocycles. The van der Waals surface area contributed by atoms with Crippen molar-refractivity contribution in [3.8, 4) is 22.8 Å². The van der Waals surface area contributed by atoms with Gasteiger partial charge in [0.1, 0.15) is 24.5 Å². The third-order valence-electron chi connectivity index (χ3n) is 3.27. The van der Waals surface area contributed by atoms with E-state index in [1.165, 1.54) is 0 Å². The lowest BCUT2D eigenvalue weighted by Gasteiger charge is -2.19. The fraction of sp³-hybridized carbons (Fsp3) is 0.333. The highest BCUT2D eigenvalue weighted by molar-refractivity contribution is 6.29. The average Bonchev–Trinajstić information content (AvgIpc) is 2.53. The third kappa shape index (κ3) is 2.94. The number of fused-ring (bicyclic) bond motifs is 1. The monoisotopic (exact) mass is 306 g/mol. The first-order valence-corrected chi connectivity index (χ1v) is 7.02. The first-order chi connectivity index (χ1) is 10.2. The van der Waals surface area contributed by atoms with Gasteiger partial charge < -0.3 is 14.2 Å². The number of hydrogen-bond acceptors (Lipinski definition) is 5. The van der Waals surface area contributed by atoms with Gasteiger partial charge in [-0.05, 0) is 25.1 Å². The minimum Gasteiger partial charge on any atom is -0.486 e. The van der Waals surface area contributed by atoms with Gasteiger partial charge in [0.2, 0.25) is 0 Å². The van der Waals surface area contributed by atoms with Crippen molar-refractivity contribution in [2.75, 3.05) is 20.3 Å². The molecule has 0 N–H and O–H groups in total. The van der Waals surface area contributed by atoms with Crippen LogP contribution >= 0.6 is 11.6 Å². The van der Waals surface area contributed by atoms with E-state index >= 15 is 0 Å². The molecule has 0 bridgehead atoms. The molecule has 0 amide bonds. The average molecular weight is 307 g/mol. The number of halogens is 1. The number of aromatic nitrogens is 2. The highest BCUT2D eigenvalue weighted by atomic mass is 35.5. The van der Waals surface area contributed by atoms with E-state index in [2.05, 4.69) is 9.97 Å². The van der Waals surface area contributed by atoms with Crippen molar-refractivity contribution in [2.24, 2.45) is 0 Å². The lowest BCUT2D eigenvalue weighted by Crippen LogP contribution is -2.15. The van der Waals surface area contributed by atoms with Crippen molar-refractivity contribution in [1.29, 1.82) is 0 Å². The van der Waals surface area contributed by atoms with Crippen LogP contribution in [0.5, 0.6) is 11.5 Å². The fourth-order valence-corrected chi connectivity index (χ4v) is 2.26. The van der Waals surface area contributed by atoms with E-state index in [4.69, 9.17) is 25.8 Å². The van der Waals surface area contributed by atoms with Crippen LogP contribution < -0.4 is 9.47 Å². The standard InChI is InChI=1S/C15H15ClN2O3/c1-9(19-2)15-17-11(8-14(16)18-15)10-3-4-12-13(7-10)21-6-5-20-12/h3-4,7-9H,5-6H2,1-2H3/t9-/m1/s1. The molecule has 2 aromatic rings. The van der Waals surface area contributed by atoms with Gasteiger partial charge in [-0.3, -0.25) is 0 Å². The number of nitrogens with zero attached hydrogens (tertiary/aromatic N) is 2. The zero-order valence-corrected chi connectivity index (χ0v) is 12.6. The largest absolute Gasteiger partial charge is 0.486 e. The summed E-state index contributed by atoms with van der Waals surface area (Å²) < 4.78 is 16.3. The van der Waals surface area contributed by atoms with Crippen LogP contribution in [0.15, 0.2) is 24.3 Å². The predicted molar refractivity (Wildman–Crippen MR) is 78.9 cm³/mol. The SMILES string of the molecule is CO[C@H](C)c1nc(Cl)cc(-c2ccc3c(c2)OCCO3)n1. The van der Waals surface area contributed by atoms with E-state index in [0.29, 0.717) is 24.2 Å². The number of methoxy groups -OCH3 is 1. The van der Waals surface area contributed by atoms with E-state index in [9.17, 15) is 0 Å². The van der Waals surface area contributed by atoms with Crippen molar-refractivity contribution < 1.29 is 14.2 Å². The van der Waals surface area contributed by atoms with Crippen LogP contribution in [0.3, 0.4) is 0 Å². The summed E-state index contributed by atoms with van der Waals surface area (Å²) >= 11 is 6.08. The summed E-state index contributed by atoms with van der Waals surface area (Å²) in [6.07, 6.45) is -0.223. The van der Waals surface area contributed by atoms with E-state index in [0.717, 1.165) is 22.8 Å². The second kappa shape index (κ2) is 5.87. The molecule has 5 nitrogen and oxygen atoms in total. The molecule has 6 heteroatoms. The molecular formula is C15H15ClN2O3. The minimum atomic E-state index is -0.223. The number of rotatable bonds is 3. The van der Waals surface area contributed by atoms with Gasteiger partial charge in [0.15, 0.2) is 17.3 Å². The second-order valence-electron chi connectivity index (χ2n) is 4.67. The van der Waals surface area contributed by atoms with Crippen molar-refractivity contribution in [3.63, 3.8) is 0 Å². The Bertz CT molecular complexity index is 663. The lowest BCUT2D eigenvalue weighted by molar-refractivity contribution is 0.112. The Morgan fingerprint density at radius 1 is 1.14 bits per heavy atom. The zero-order valence-electron chi connectivity index (χ0n) is 11.8. The molecule has 1 atom stereocenters. The molecule has 0 unspecified atom stereocenters. The van der Waals surface area contributed by atoms with E-state index < -0.39 is 0 Å². The van der Waals surface area contributed by atoms with Crippen LogP contribution in [0.2, 0.25) is 5.15 Å².